The second-order valence-corrected chi connectivity index (χ2v) is 5.68. The van der Waals surface area contributed by atoms with Crippen LogP contribution in [0.15, 0.2) is 40.6 Å². The van der Waals surface area contributed by atoms with Gasteiger partial charge in [-0.1, -0.05) is 6.07 Å². The monoisotopic (exact) mass is 294 g/mol. The number of hydrazine groups is 1. The van der Waals surface area contributed by atoms with Gasteiger partial charge in [-0.05, 0) is 35.2 Å². The molecule has 0 atom stereocenters. The highest BCUT2D eigenvalue weighted by Gasteiger charge is 2.12. The lowest BCUT2D eigenvalue weighted by Gasteiger charge is -2.05. The van der Waals surface area contributed by atoms with E-state index >= 15 is 0 Å². The number of nitrogens with two attached hydrogens (primary N) is 1. The maximum Gasteiger partial charge on any atom is 0.275 e. The molecule has 1 aromatic heterocycles. The summed E-state index contributed by atoms with van der Waals surface area (Å²) in [7, 11) is 1.65. The Labute approximate surface area is 119 Å². The average molecular weight is 294 g/mol. The second-order valence-electron chi connectivity index (χ2n) is 3.72. The summed E-state index contributed by atoms with van der Waals surface area (Å²) in [5.74, 6) is 6.47. The molecule has 1 amide bonds. The minimum atomic E-state index is -0.240. The Morgan fingerprint density at radius 1 is 1.47 bits per heavy atom. The number of nitrogen functional groups attached to an aromatic ring is 1. The average Bonchev–Trinajstić information content (AvgIpc) is 2.93. The van der Waals surface area contributed by atoms with Gasteiger partial charge in [0.1, 0.15) is 5.75 Å². The second kappa shape index (κ2) is 6.60. The molecule has 0 aliphatic heterocycles. The molecule has 0 aliphatic carbocycles. The van der Waals surface area contributed by atoms with E-state index in [9.17, 15) is 4.79 Å². The normalized spacial score (nSPS) is 10.2. The van der Waals surface area contributed by atoms with Gasteiger partial charge in [-0.25, -0.2) is 5.84 Å². The van der Waals surface area contributed by atoms with Gasteiger partial charge >= 0.3 is 0 Å². The number of nitrogens with one attached hydrogen (secondary N) is 1. The van der Waals surface area contributed by atoms with E-state index in [1.807, 2.05) is 35.7 Å². The van der Waals surface area contributed by atoms with Gasteiger partial charge in [0.15, 0.2) is 0 Å². The van der Waals surface area contributed by atoms with Gasteiger partial charge in [0.05, 0.1) is 12.0 Å². The number of thioether (sulfide) groups is 1. The Balaban J connectivity index is 2.06. The van der Waals surface area contributed by atoms with Gasteiger partial charge in [0, 0.05) is 10.6 Å². The first-order valence-corrected chi connectivity index (χ1v) is 7.45. The van der Waals surface area contributed by atoms with E-state index in [4.69, 9.17) is 10.6 Å². The van der Waals surface area contributed by atoms with E-state index in [0.29, 0.717) is 4.88 Å². The van der Waals surface area contributed by atoms with Crippen LogP contribution in [0.25, 0.3) is 0 Å². The zero-order valence-corrected chi connectivity index (χ0v) is 12.0. The lowest BCUT2D eigenvalue weighted by molar-refractivity contribution is 0.0957. The van der Waals surface area contributed by atoms with Crippen molar-refractivity contribution in [3.63, 3.8) is 0 Å². The molecule has 6 heteroatoms. The van der Waals surface area contributed by atoms with Gasteiger partial charge in [0.2, 0.25) is 0 Å². The van der Waals surface area contributed by atoms with Crippen molar-refractivity contribution in [3.05, 3.63) is 46.2 Å². The molecule has 4 nitrogen and oxygen atoms in total. The third-order valence-electron chi connectivity index (χ3n) is 2.52. The lowest BCUT2D eigenvalue weighted by Crippen LogP contribution is -2.29. The fourth-order valence-corrected chi connectivity index (χ4v) is 3.42. The summed E-state index contributed by atoms with van der Waals surface area (Å²) in [6.07, 6.45) is 0. The summed E-state index contributed by atoms with van der Waals surface area (Å²) in [4.78, 5) is 13.3. The van der Waals surface area contributed by atoms with Gasteiger partial charge in [0.25, 0.3) is 5.91 Å². The van der Waals surface area contributed by atoms with E-state index in [1.54, 1.807) is 18.9 Å². The van der Waals surface area contributed by atoms with Crippen molar-refractivity contribution in [1.82, 2.24) is 5.43 Å². The van der Waals surface area contributed by atoms with Gasteiger partial charge in [-0.2, -0.15) is 0 Å². The van der Waals surface area contributed by atoms with Crippen molar-refractivity contribution in [2.45, 2.75) is 10.6 Å². The van der Waals surface area contributed by atoms with Gasteiger partial charge in [-0.3, -0.25) is 10.2 Å². The number of carbonyl (C=O) groups is 1. The molecule has 0 saturated carbocycles. The van der Waals surface area contributed by atoms with E-state index in [2.05, 4.69) is 5.43 Å². The zero-order chi connectivity index (χ0) is 13.7. The number of benzene rings is 1. The number of hydrogen-bond acceptors (Lipinski definition) is 5. The number of methoxy groups -OCH3 is 1. The first kappa shape index (κ1) is 13.9. The Bertz CT molecular complexity index is 569. The predicted octanol–water partition coefficient (Wildman–Crippen LogP) is 2.65. The van der Waals surface area contributed by atoms with Gasteiger partial charge < -0.3 is 4.74 Å². The smallest absolute Gasteiger partial charge is 0.275 e. The Morgan fingerprint density at radius 3 is 3.05 bits per heavy atom. The molecule has 0 aliphatic rings. The van der Waals surface area contributed by atoms with E-state index in [1.165, 1.54) is 11.3 Å². The molecule has 19 heavy (non-hydrogen) atoms. The highest BCUT2D eigenvalue weighted by molar-refractivity contribution is 7.98. The van der Waals surface area contributed by atoms with Crippen LogP contribution < -0.4 is 16.0 Å². The summed E-state index contributed by atoms with van der Waals surface area (Å²) < 4.78 is 5.18. The van der Waals surface area contributed by atoms with Crippen molar-refractivity contribution < 1.29 is 9.53 Å². The molecule has 0 spiro atoms. The molecule has 3 N–H and O–H groups in total. The Morgan fingerprint density at radius 2 is 2.32 bits per heavy atom. The number of thiophene rings is 1. The molecule has 1 aromatic carbocycles. The minimum absolute atomic E-state index is 0.240. The van der Waals surface area contributed by atoms with Crippen molar-refractivity contribution in [3.8, 4) is 5.75 Å². The highest BCUT2D eigenvalue weighted by Crippen LogP contribution is 2.28. The van der Waals surface area contributed by atoms with Crippen LogP contribution in [0.5, 0.6) is 5.75 Å². The molecule has 2 aromatic rings. The number of amides is 1. The van der Waals surface area contributed by atoms with Crippen LogP contribution in [-0.2, 0) is 5.75 Å². The molecule has 1 heterocycles. The van der Waals surface area contributed by atoms with Crippen LogP contribution in [0, 0.1) is 0 Å². The van der Waals surface area contributed by atoms with Gasteiger partial charge in [-0.15, -0.1) is 23.1 Å². The van der Waals surface area contributed by atoms with Crippen LogP contribution in [0.2, 0.25) is 0 Å². The number of carbonyl (C=O) groups excluding carboxylic acids is 1. The molecule has 0 fully saturated rings. The topological polar surface area (TPSA) is 64.3 Å². The Hall–Kier alpha value is -1.50. The maximum atomic E-state index is 11.6. The van der Waals surface area contributed by atoms with E-state index < -0.39 is 0 Å². The first-order chi connectivity index (χ1) is 9.24. The van der Waals surface area contributed by atoms with E-state index in [-0.39, 0.29) is 5.91 Å². The zero-order valence-electron chi connectivity index (χ0n) is 10.4. The van der Waals surface area contributed by atoms with Crippen molar-refractivity contribution in [2.24, 2.45) is 5.84 Å². The number of ether oxygens (including phenoxy) is 1. The summed E-state index contributed by atoms with van der Waals surface area (Å²) >= 11 is 3.05. The van der Waals surface area contributed by atoms with Crippen LogP contribution in [0.3, 0.4) is 0 Å². The maximum absolute atomic E-state index is 11.6. The molecule has 0 radical (unpaired) electrons. The third-order valence-corrected chi connectivity index (χ3v) is 4.52. The molecular weight excluding hydrogens is 280 g/mol. The van der Waals surface area contributed by atoms with Crippen LogP contribution in [0.1, 0.15) is 15.2 Å². The first-order valence-electron chi connectivity index (χ1n) is 5.58. The minimum Gasteiger partial charge on any atom is -0.497 e. The van der Waals surface area contributed by atoms with Crippen molar-refractivity contribution >= 4 is 29.0 Å². The standard InChI is InChI=1S/C13H14N2O2S2/c1-17-10-3-2-4-11(7-10)19-8-9-5-6-18-12(9)13(16)15-14/h2-7H,8,14H2,1H3,(H,15,16). The molecular formula is C13H14N2O2S2. The fourth-order valence-electron chi connectivity index (χ4n) is 1.57. The third kappa shape index (κ3) is 3.50. The number of hydrogen-bond donors (Lipinski definition) is 2. The molecule has 0 saturated heterocycles. The van der Waals surface area contributed by atoms with Crippen LogP contribution in [0.4, 0.5) is 0 Å². The summed E-state index contributed by atoms with van der Waals surface area (Å²) in [5.41, 5.74) is 3.15. The summed E-state index contributed by atoms with van der Waals surface area (Å²) in [5, 5.41) is 1.89. The summed E-state index contributed by atoms with van der Waals surface area (Å²) in [6, 6.07) is 9.79. The van der Waals surface area contributed by atoms with Crippen molar-refractivity contribution in [1.29, 1.82) is 0 Å². The molecule has 100 valence electrons. The lowest BCUT2D eigenvalue weighted by atomic mass is 10.3. The highest BCUT2D eigenvalue weighted by atomic mass is 32.2. The molecule has 2 rings (SSSR count). The van der Waals surface area contributed by atoms with Crippen LogP contribution >= 0.6 is 23.1 Å². The molecule has 0 unspecified atom stereocenters. The largest absolute Gasteiger partial charge is 0.497 e. The fraction of sp³-hybridized carbons (Fsp3) is 0.154. The van der Waals surface area contributed by atoms with Crippen molar-refractivity contribution in [2.75, 3.05) is 7.11 Å². The number of rotatable bonds is 5. The SMILES string of the molecule is COc1cccc(SCc2ccsc2C(=O)NN)c1. The summed E-state index contributed by atoms with van der Waals surface area (Å²) in [6.45, 7) is 0. The predicted molar refractivity (Wildman–Crippen MR) is 78.5 cm³/mol. The van der Waals surface area contributed by atoms with E-state index in [0.717, 1.165) is 22.0 Å². The quantitative estimate of drug-likeness (QED) is 0.385. The van der Waals surface area contributed by atoms with Crippen LogP contribution in [-0.4, -0.2) is 13.0 Å². The molecule has 0 bridgehead atoms. The Kier molecular flexibility index (Phi) is 4.84.